The van der Waals surface area contributed by atoms with Crippen LogP contribution in [0, 0.1) is 0 Å². The van der Waals surface area contributed by atoms with Crippen molar-refractivity contribution >= 4 is 52.1 Å². The number of nitrogens with one attached hydrogen (secondary N) is 2. The largest absolute Gasteiger partial charge is 0.459 e. The molecule has 0 unspecified atom stereocenters. The van der Waals surface area contributed by atoms with Crippen molar-refractivity contribution < 1.29 is 14.0 Å². The molecular weight excluding hydrogens is 484 g/mol. The molecule has 2 heterocycles. The number of piperazine rings is 1. The van der Waals surface area contributed by atoms with Gasteiger partial charge in [0.05, 0.1) is 17.0 Å². The maximum atomic E-state index is 12.5. The highest BCUT2D eigenvalue weighted by molar-refractivity contribution is 7.80. The molecule has 1 aliphatic heterocycles. The van der Waals surface area contributed by atoms with E-state index >= 15 is 0 Å². The van der Waals surface area contributed by atoms with Crippen LogP contribution < -0.4 is 15.5 Å². The van der Waals surface area contributed by atoms with E-state index in [9.17, 15) is 9.59 Å². The van der Waals surface area contributed by atoms with Crippen LogP contribution in [0.3, 0.4) is 0 Å². The average molecular weight is 511 g/mol. The lowest BCUT2D eigenvalue weighted by Crippen LogP contribution is -2.48. The molecule has 9 heteroatoms. The van der Waals surface area contributed by atoms with Crippen molar-refractivity contribution in [3.63, 3.8) is 0 Å². The van der Waals surface area contributed by atoms with Crippen LogP contribution >= 0.6 is 23.8 Å². The third kappa shape index (κ3) is 6.01. The number of rotatable bonds is 5. The quantitative estimate of drug-likeness (QED) is 0.462. The Kier molecular flexibility index (Phi) is 7.73. The molecule has 0 spiro atoms. The van der Waals surface area contributed by atoms with Crippen LogP contribution in [0.5, 0.6) is 0 Å². The fourth-order valence-corrected chi connectivity index (χ4v) is 4.42. The Morgan fingerprint density at radius 2 is 1.74 bits per heavy atom. The van der Waals surface area contributed by atoms with Gasteiger partial charge >= 0.3 is 0 Å². The lowest BCUT2D eigenvalue weighted by Gasteiger charge is -2.36. The second-order valence-electron chi connectivity index (χ2n) is 8.61. The van der Waals surface area contributed by atoms with E-state index in [1.165, 1.54) is 11.8 Å². The van der Waals surface area contributed by atoms with E-state index in [1.54, 1.807) is 35.2 Å². The number of halogens is 1. The lowest BCUT2D eigenvalue weighted by molar-refractivity contribution is 0.0714. The first kappa shape index (κ1) is 24.8. The maximum Gasteiger partial charge on any atom is 0.289 e. The normalized spacial score (nSPS) is 13.6. The van der Waals surface area contributed by atoms with E-state index in [0.717, 1.165) is 5.69 Å². The lowest BCUT2D eigenvalue weighted by atomic mass is 10.0. The number of amides is 2. The molecule has 182 valence electrons. The molecule has 4 rings (SSSR count). The first-order valence-corrected chi connectivity index (χ1v) is 12.2. The second-order valence-corrected chi connectivity index (χ2v) is 9.42. The molecule has 2 aromatic carbocycles. The third-order valence-corrected chi connectivity index (χ3v) is 6.42. The first-order chi connectivity index (χ1) is 16.8. The van der Waals surface area contributed by atoms with E-state index in [1.807, 2.05) is 24.3 Å². The molecule has 0 saturated carbocycles. The number of carbonyl (C=O) groups excluding carboxylic acids is 2. The Morgan fingerprint density at radius 1 is 1.03 bits per heavy atom. The van der Waals surface area contributed by atoms with E-state index < -0.39 is 0 Å². The summed E-state index contributed by atoms with van der Waals surface area (Å²) in [5.41, 5.74) is 3.26. The van der Waals surface area contributed by atoms with Gasteiger partial charge in [0, 0.05) is 37.4 Å². The molecule has 7 nitrogen and oxygen atoms in total. The summed E-state index contributed by atoms with van der Waals surface area (Å²) < 4.78 is 5.22. The second kappa shape index (κ2) is 10.9. The van der Waals surface area contributed by atoms with Gasteiger partial charge in [0.15, 0.2) is 10.9 Å². The van der Waals surface area contributed by atoms with Crippen molar-refractivity contribution in [2.45, 2.75) is 19.8 Å². The number of anilines is 2. The monoisotopic (exact) mass is 510 g/mol. The SMILES string of the molecule is CC(C)c1ccc(C(=O)NC(=S)Nc2ccc(N3CCN(C(=O)c4ccco4)CC3)c(Cl)c2)cc1. The van der Waals surface area contributed by atoms with Gasteiger partial charge in [0.2, 0.25) is 0 Å². The van der Waals surface area contributed by atoms with E-state index in [0.29, 0.717) is 54.1 Å². The van der Waals surface area contributed by atoms with E-state index in [2.05, 4.69) is 29.4 Å². The zero-order chi connectivity index (χ0) is 24.9. The summed E-state index contributed by atoms with van der Waals surface area (Å²) >= 11 is 11.9. The Balaban J connectivity index is 1.31. The number of nitrogens with zero attached hydrogens (tertiary/aromatic N) is 2. The number of carbonyl (C=O) groups is 2. The first-order valence-electron chi connectivity index (χ1n) is 11.4. The van der Waals surface area contributed by atoms with Crippen LogP contribution in [0.1, 0.15) is 46.2 Å². The Morgan fingerprint density at radius 3 is 2.34 bits per heavy atom. The molecule has 3 aromatic rings. The van der Waals surface area contributed by atoms with E-state index in [4.69, 9.17) is 28.2 Å². The molecule has 2 N–H and O–H groups in total. The molecular formula is C26H27ClN4O3S. The summed E-state index contributed by atoms with van der Waals surface area (Å²) in [6.07, 6.45) is 1.50. The smallest absolute Gasteiger partial charge is 0.289 e. The van der Waals surface area contributed by atoms with Gasteiger partial charge in [-0.3, -0.25) is 14.9 Å². The van der Waals surface area contributed by atoms with Crippen LogP contribution in [0.4, 0.5) is 11.4 Å². The van der Waals surface area contributed by atoms with Crippen LogP contribution in [0.2, 0.25) is 5.02 Å². The predicted octanol–water partition coefficient (Wildman–Crippen LogP) is 5.15. The third-order valence-electron chi connectivity index (χ3n) is 5.91. The minimum Gasteiger partial charge on any atom is -0.459 e. The number of furan rings is 1. The Bertz CT molecular complexity index is 1200. The summed E-state index contributed by atoms with van der Waals surface area (Å²) in [7, 11) is 0. The summed E-state index contributed by atoms with van der Waals surface area (Å²) in [4.78, 5) is 28.9. The standard InChI is InChI=1S/C26H27ClN4O3S/c1-17(2)18-5-7-19(8-6-18)24(32)29-26(35)28-20-9-10-22(21(27)16-20)30-11-13-31(14-12-30)25(33)23-4-3-15-34-23/h3-10,15-17H,11-14H2,1-2H3,(H2,28,29,32,35). The van der Waals surface area contributed by atoms with Crippen LogP contribution in [-0.2, 0) is 0 Å². The van der Waals surface area contributed by atoms with Crippen LogP contribution in [-0.4, -0.2) is 48.0 Å². The fraction of sp³-hybridized carbons (Fsp3) is 0.269. The van der Waals surface area contributed by atoms with E-state index in [-0.39, 0.29) is 16.9 Å². The number of hydrogen-bond acceptors (Lipinski definition) is 5. The zero-order valence-corrected chi connectivity index (χ0v) is 21.2. The molecule has 1 aromatic heterocycles. The van der Waals surface area contributed by atoms with Crippen LogP contribution in [0.15, 0.2) is 65.3 Å². The van der Waals surface area contributed by atoms with Crippen molar-refractivity contribution in [3.8, 4) is 0 Å². The summed E-state index contributed by atoms with van der Waals surface area (Å²) in [6, 6.07) is 16.4. The molecule has 1 saturated heterocycles. The number of benzene rings is 2. The highest BCUT2D eigenvalue weighted by Crippen LogP contribution is 2.30. The molecule has 0 radical (unpaired) electrons. The summed E-state index contributed by atoms with van der Waals surface area (Å²) in [5.74, 6) is 0.368. The molecule has 1 aliphatic rings. The topological polar surface area (TPSA) is 77.8 Å². The molecule has 35 heavy (non-hydrogen) atoms. The van der Waals surface area contributed by atoms with Gasteiger partial charge < -0.3 is 19.5 Å². The van der Waals surface area contributed by atoms with Gasteiger partial charge in [0.1, 0.15) is 0 Å². The summed E-state index contributed by atoms with van der Waals surface area (Å²) in [5, 5.41) is 6.46. The van der Waals surface area contributed by atoms with Crippen molar-refractivity contribution in [3.05, 3.63) is 82.8 Å². The Hall–Kier alpha value is -3.36. The average Bonchev–Trinajstić information content (AvgIpc) is 3.39. The Labute approximate surface area is 215 Å². The number of thiocarbonyl (C=S) groups is 1. The molecule has 2 amide bonds. The van der Waals surface area contributed by atoms with Gasteiger partial charge in [-0.2, -0.15) is 0 Å². The molecule has 0 bridgehead atoms. The van der Waals surface area contributed by atoms with Gasteiger partial charge in [0.25, 0.3) is 11.8 Å². The maximum absolute atomic E-state index is 12.5. The zero-order valence-electron chi connectivity index (χ0n) is 19.6. The molecule has 0 aliphatic carbocycles. The molecule has 1 fully saturated rings. The van der Waals surface area contributed by atoms with Gasteiger partial charge in [-0.1, -0.05) is 37.6 Å². The molecule has 0 atom stereocenters. The van der Waals surface area contributed by atoms with Gasteiger partial charge in [-0.15, -0.1) is 0 Å². The van der Waals surface area contributed by atoms with Gasteiger partial charge in [-0.05, 0) is 66.2 Å². The highest BCUT2D eigenvalue weighted by atomic mass is 35.5. The minimum absolute atomic E-state index is 0.105. The number of hydrogen-bond donors (Lipinski definition) is 2. The predicted molar refractivity (Wildman–Crippen MR) is 142 cm³/mol. The fourth-order valence-electron chi connectivity index (χ4n) is 3.90. The van der Waals surface area contributed by atoms with Crippen molar-refractivity contribution in [1.82, 2.24) is 10.2 Å². The van der Waals surface area contributed by atoms with Crippen LogP contribution in [0.25, 0.3) is 0 Å². The van der Waals surface area contributed by atoms with Crippen molar-refractivity contribution in [2.75, 3.05) is 36.4 Å². The van der Waals surface area contributed by atoms with Crippen molar-refractivity contribution in [1.29, 1.82) is 0 Å². The van der Waals surface area contributed by atoms with Gasteiger partial charge in [-0.25, -0.2) is 0 Å². The minimum atomic E-state index is -0.275. The summed E-state index contributed by atoms with van der Waals surface area (Å²) in [6.45, 7) is 6.67. The highest BCUT2D eigenvalue weighted by Gasteiger charge is 2.24. The van der Waals surface area contributed by atoms with Crippen molar-refractivity contribution in [2.24, 2.45) is 0 Å².